The second-order valence-electron chi connectivity index (χ2n) is 5.83. The Labute approximate surface area is 174 Å². The molecule has 7 heteroatoms. The van der Waals surface area contributed by atoms with E-state index in [0.29, 0.717) is 12.1 Å². The van der Waals surface area contributed by atoms with Gasteiger partial charge in [-0.05, 0) is 42.1 Å². The number of pyridine rings is 2. The summed E-state index contributed by atoms with van der Waals surface area (Å²) >= 11 is 0. The third kappa shape index (κ3) is 6.30. The number of hydrogen-bond acceptors (Lipinski definition) is 6. The Kier molecular flexibility index (Phi) is 8.34. The van der Waals surface area contributed by atoms with Gasteiger partial charge in [-0.3, -0.25) is 20.0 Å². The molecule has 0 aliphatic carbocycles. The molecule has 6 nitrogen and oxygen atoms in total. The normalized spacial score (nSPS) is 12.9. The summed E-state index contributed by atoms with van der Waals surface area (Å²) in [7, 11) is 0. The first-order valence-electron chi connectivity index (χ1n) is 8.54. The summed E-state index contributed by atoms with van der Waals surface area (Å²) in [6, 6.07) is 18.9. The first-order chi connectivity index (χ1) is 13.2. The topological polar surface area (TPSA) is 96.6 Å². The minimum Gasteiger partial charge on any atom is -0.860 e. The van der Waals surface area contributed by atoms with Crippen molar-refractivity contribution >= 4 is 11.8 Å². The van der Waals surface area contributed by atoms with Gasteiger partial charge in [-0.1, -0.05) is 42.5 Å². The van der Waals surface area contributed by atoms with Crippen LogP contribution in [0.4, 0.5) is 0 Å². The Morgan fingerprint density at radius 1 is 0.857 bits per heavy atom. The third-order valence-electron chi connectivity index (χ3n) is 3.84. The zero-order chi connectivity index (χ0) is 18.9. The fourth-order valence-electron chi connectivity index (χ4n) is 2.48. The van der Waals surface area contributed by atoms with E-state index in [1.54, 1.807) is 36.5 Å². The fourth-order valence-corrected chi connectivity index (χ4v) is 2.48. The maximum Gasteiger partial charge on any atom is 2.00 e. The molecule has 0 bridgehead atoms. The molecule has 2 heterocycles. The summed E-state index contributed by atoms with van der Waals surface area (Å²) in [4.78, 5) is 16.3. The van der Waals surface area contributed by atoms with E-state index in [1.165, 1.54) is 6.20 Å². The number of hydrogen-bond donors (Lipinski definition) is 0. The molecule has 0 N–H and O–H groups in total. The molecular weight excluding hydrogens is 404 g/mol. The van der Waals surface area contributed by atoms with Crippen molar-refractivity contribution in [1.82, 2.24) is 9.97 Å². The van der Waals surface area contributed by atoms with Crippen LogP contribution in [0.2, 0.25) is 0 Å². The average molecular weight is 422 g/mol. The molecule has 1 radical (unpaired) electrons. The van der Waals surface area contributed by atoms with Crippen LogP contribution < -0.4 is 10.2 Å². The summed E-state index contributed by atoms with van der Waals surface area (Å²) in [6.45, 7) is 0.151. The molecule has 1 aromatic carbocycles. The van der Waals surface area contributed by atoms with Gasteiger partial charge in [-0.25, -0.2) is 0 Å². The van der Waals surface area contributed by atoms with Crippen LogP contribution in [0.3, 0.4) is 0 Å². The van der Waals surface area contributed by atoms with Crippen molar-refractivity contribution in [1.29, 1.82) is 0 Å². The van der Waals surface area contributed by atoms with Crippen molar-refractivity contribution in [3.63, 3.8) is 0 Å². The van der Waals surface area contributed by atoms with Crippen molar-refractivity contribution in [2.45, 2.75) is 19.0 Å². The van der Waals surface area contributed by atoms with Gasteiger partial charge in [0.2, 0.25) is 0 Å². The molecule has 3 rings (SSSR count). The molecule has 3 aromatic rings. The van der Waals surface area contributed by atoms with E-state index in [0.717, 1.165) is 5.56 Å². The predicted octanol–water partition coefficient (Wildman–Crippen LogP) is 1.15. The molecular formula is C21H18CuN4O2. The molecule has 0 aliphatic heterocycles. The monoisotopic (exact) mass is 421 g/mol. The Morgan fingerprint density at radius 3 is 2.18 bits per heavy atom. The molecule has 28 heavy (non-hydrogen) atoms. The van der Waals surface area contributed by atoms with Crippen LogP contribution in [0.25, 0.3) is 0 Å². The van der Waals surface area contributed by atoms with Crippen LogP contribution in [0.5, 0.6) is 0 Å². The summed E-state index contributed by atoms with van der Waals surface area (Å²) in [6.07, 6.45) is 3.46. The Morgan fingerprint density at radius 2 is 1.54 bits per heavy atom. The Bertz CT molecular complexity index is 903. The first-order valence-corrected chi connectivity index (χ1v) is 8.54. The van der Waals surface area contributed by atoms with Gasteiger partial charge in [0, 0.05) is 18.3 Å². The largest absolute Gasteiger partial charge is 2.00 e. The second-order valence-corrected chi connectivity index (χ2v) is 5.83. The van der Waals surface area contributed by atoms with Gasteiger partial charge in [0.15, 0.2) is 0 Å². The molecule has 0 saturated carbocycles. The zero-order valence-electron chi connectivity index (χ0n) is 14.9. The van der Waals surface area contributed by atoms with Gasteiger partial charge in [-0.15, -0.1) is 0 Å². The van der Waals surface area contributed by atoms with E-state index in [4.69, 9.17) is 0 Å². The Hall–Kier alpha value is -3.02. The molecule has 1 unspecified atom stereocenters. The molecule has 0 aliphatic rings. The van der Waals surface area contributed by atoms with Crippen LogP contribution >= 0.6 is 0 Å². The second kappa shape index (κ2) is 11.0. The molecule has 0 amide bonds. The van der Waals surface area contributed by atoms with Crippen LogP contribution in [-0.4, -0.2) is 27.8 Å². The van der Waals surface area contributed by atoms with Crippen LogP contribution in [0.15, 0.2) is 89.1 Å². The molecule has 0 saturated heterocycles. The van der Waals surface area contributed by atoms with Crippen LogP contribution in [0, 0.1) is 0 Å². The summed E-state index contributed by atoms with van der Waals surface area (Å²) in [5.74, 6) is -0.980. The number of benzene rings is 1. The van der Waals surface area contributed by atoms with E-state index >= 15 is 0 Å². The van der Waals surface area contributed by atoms with Crippen molar-refractivity contribution in [3.8, 4) is 0 Å². The zero-order valence-corrected chi connectivity index (χ0v) is 15.8. The maximum absolute atomic E-state index is 12.6. The molecule has 1 atom stereocenters. The van der Waals surface area contributed by atoms with Gasteiger partial charge in [0.05, 0.1) is 24.0 Å². The predicted molar refractivity (Wildman–Crippen MR) is 100 cm³/mol. The fraction of sp³-hybridized carbons (Fsp3) is 0.143. The van der Waals surface area contributed by atoms with Crippen molar-refractivity contribution in [3.05, 3.63) is 96.1 Å². The molecule has 0 spiro atoms. The third-order valence-corrected chi connectivity index (χ3v) is 3.84. The number of rotatable bonds is 7. The molecule has 2 aromatic heterocycles. The van der Waals surface area contributed by atoms with E-state index in [9.17, 15) is 10.2 Å². The van der Waals surface area contributed by atoms with Crippen molar-refractivity contribution in [2.75, 3.05) is 0 Å². The number of aromatic nitrogens is 2. The standard InChI is InChI=1S/C21H20N4O2.Cu/c26-20(24-15-17-10-4-6-12-22-17)19(14-16-8-2-1-3-9-16)25-21(27)18-11-5-7-13-23-18;/h1-13,19H,14-15H2,(H,24,26)(H,25,27);/q;+2/p-2. The van der Waals surface area contributed by atoms with Crippen molar-refractivity contribution in [2.24, 2.45) is 9.98 Å². The minimum absolute atomic E-state index is 0. The number of nitrogens with zero attached hydrogens (tertiary/aromatic N) is 4. The van der Waals surface area contributed by atoms with Crippen LogP contribution in [0.1, 0.15) is 17.0 Å². The van der Waals surface area contributed by atoms with E-state index in [-0.39, 0.29) is 29.3 Å². The van der Waals surface area contributed by atoms with Gasteiger partial charge in [-0.2, -0.15) is 0 Å². The quantitative estimate of drug-likeness (QED) is 0.324. The Balaban J connectivity index is 0.00000280. The van der Waals surface area contributed by atoms with Gasteiger partial charge in [0.1, 0.15) is 0 Å². The minimum atomic E-state index is -0.898. The van der Waals surface area contributed by atoms with E-state index < -0.39 is 17.8 Å². The summed E-state index contributed by atoms with van der Waals surface area (Å²) in [5, 5.41) is 25.0. The molecule has 0 fully saturated rings. The van der Waals surface area contributed by atoms with Crippen molar-refractivity contribution < 1.29 is 27.3 Å². The van der Waals surface area contributed by atoms with Gasteiger partial charge in [0.25, 0.3) is 0 Å². The average Bonchev–Trinajstić information content (AvgIpc) is 2.73. The molecule has 145 valence electrons. The van der Waals surface area contributed by atoms with Crippen LogP contribution in [-0.2, 0) is 30.0 Å². The van der Waals surface area contributed by atoms with Gasteiger partial charge < -0.3 is 10.2 Å². The first kappa shape index (κ1) is 21.3. The SMILES string of the molecule is [Cu+2].[O-]C(=NC(Cc1ccccc1)C([O-])=NCc1ccccn1)c1ccccn1. The van der Waals surface area contributed by atoms with E-state index in [1.807, 2.05) is 36.4 Å². The smallest absolute Gasteiger partial charge is 0.860 e. The summed E-state index contributed by atoms with van der Waals surface area (Å²) in [5.41, 5.74) is 1.79. The summed E-state index contributed by atoms with van der Waals surface area (Å²) < 4.78 is 0. The van der Waals surface area contributed by atoms with E-state index in [2.05, 4.69) is 20.0 Å². The maximum atomic E-state index is 12.6. The van der Waals surface area contributed by atoms with Gasteiger partial charge >= 0.3 is 17.1 Å². The number of aliphatic imine (C=N–C) groups is 2.